The fraction of sp³-hybridized carbons (Fsp3) is 0.333. The lowest BCUT2D eigenvalue weighted by Crippen LogP contribution is -2.17. The van der Waals surface area contributed by atoms with Crippen LogP contribution >= 0.6 is 15.9 Å². The summed E-state index contributed by atoms with van der Waals surface area (Å²) in [6.45, 7) is 4.97. The summed E-state index contributed by atoms with van der Waals surface area (Å²) in [6.07, 6.45) is 7.78. The van der Waals surface area contributed by atoms with Crippen LogP contribution in [0.3, 0.4) is 0 Å². The minimum atomic E-state index is 0.0378. The van der Waals surface area contributed by atoms with Crippen LogP contribution in [0.2, 0.25) is 0 Å². The highest BCUT2D eigenvalue weighted by molar-refractivity contribution is 9.09. The van der Waals surface area contributed by atoms with Gasteiger partial charge in [0.25, 0.3) is 0 Å². The predicted octanol–water partition coefficient (Wildman–Crippen LogP) is 5.56. The smallest absolute Gasteiger partial charge is 0.132 e. The number of hydrogen-bond acceptors (Lipinski definition) is 3. The molecule has 2 rings (SSSR count). The molecule has 0 aromatic heterocycles. The van der Waals surface area contributed by atoms with Crippen LogP contribution in [0.4, 0.5) is 0 Å². The Kier molecular flexibility index (Phi) is 6.62. The van der Waals surface area contributed by atoms with Crippen molar-refractivity contribution in [1.82, 2.24) is 0 Å². The van der Waals surface area contributed by atoms with E-state index in [0.717, 1.165) is 40.6 Å². The molecule has 0 saturated carbocycles. The summed E-state index contributed by atoms with van der Waals surface area (Å²) in [5, 5.41) is 19.1. The van der Waals surface area contributed by atoms with Crippen molar-refractivity contribution in [2.75, 3.05) is 11.9 Å². The second-order valence-corrected chi connectivity index (χ2v) is 7.59. The maximum atomic E-state index is 9.14. The molecule has 0 N–H and O–H groups in total. The van der Waals surface area contributed by atoms with Crippen molar-refractivity contribution in [2.45, 2.75) is 26.7 Å². The fourth-order valence-corrected chi connectivity index (χ4v) is 3.09. The molecule has 0 radical (unpaired) electrons. The number of benzene rings is 1. The van der Waals surface area contributed by atoms with Gasteiger partial charge in [-0.25, -0.2) is 0 Å². The molecule has 0 saturated heterocycles. The van der Waals surface area contributed by atoms with E-state index < -0.39 is 0 Å². The van der Waals surface area contributed by atoms with Crippen molar-refractivity contribution in [2.24, 2.45) is 5.41 Å². The van der Waals surface area contributed by atoms with Gasteiger partial charge in [-0.3, -0.25) is 0 Å². The lowest BCUT2D eigenvalue weighted by atomic mass is 9.74. The Morgan fingerprint density at radius 1 is 1.16 bits per heavy atom. The molecule has 0 heterocycles. The third-order valence-corrected chi connectivity index (χ3v) is 4.30. The lowest BCUT2D eigenvalue weighted by molar-refractivity contribution is 0.345. The Morgan fingerprint density at radius 2 is 1.84 bits per heavy atom. The minimum absolute atomic E-state index is 0.0378. The fourth-order valence-electron chi connectivity index (χ4n) is 2.93. The molecule has 4 heteroatoms. The van der Waals surface area contributed by atoms with E-state index >= 15 is 0 Å². The monoisotopic (exact) mass is 396 g/mol. The number of hydrogen-bond donors (Lipinski definition) is 0. The predicted molar refractivity (Wildman–Crippen MR) is 104 cm³/mol. The van der Waals surface area contributed by atoms with Crippen molar-refractivity contribution in [3.05, 3.63) is 58.7 Å². The van der Waals surface area contributed by atoms with E-state index in [1.807, 2.05) is 42.5 Å². The van der Waals surface area contributed by atoms with Crippen molar-refractivity contribution >= 4 is 22.0 Å². The lowest BCUT2D eigenvalue weighted by Gasteiger charge is -2.30. The third kappa shape index (κ3) is 5.62. The Balaban J connectivity index is 2.20. The van der Waals surface area contributed by atoms with Crippen LogP contribution in [0.5, 0.6) is 5.75 Å². The first-order chi connectivity index (χ1) is 12.0. The molecule has 1 aromatic rings. The third-order valence-electron chi connectivity index (χ3n) is 3.97. The molecular formula is C21H21BrN2O. The number of nitrogens with zero attached hydrogens (tertiary/aromatic N) is 2. The van der Waals surface area contributed by atoms with E-state index in [-0.39, 0.29) is 11.0 Å². The van der Waals surface area contributed by atoms with Gasteiger partial charge in [0.2, 0.25) is 0 Å². The maximum absolute atomic E-state index is 9.14. The van der Waals surface area contributed by atoms with Gasteiger partial charge in [-0.2, -0.15) is 10.5 Å². The summed E-state index contributed by atoms with van der Waals surface area (Å²) in [5.74, 6) is 0.854. The molecule has 128 valence electrons. The minimum Gasteiger partial charge on any atom is -0.493 e. The van der Waals surface area contributed by atoms with Crippen molar-refractivity contribution in [1.29, 1.82) is 10.5 Å². The summed E-state index contributed by atoms with van der Waals surface area (Å²) in [5.41, 5.74) is 3.30. The van der Waals surface area contributed by atoms with E-state index in [9.17, 15) is 0 Å². The van der Waals surface area contributed by atoms with Crippen LogP contribution < -0.4 is 4.74 Å². The largest absolute Gasteiger partial charge is 0.493 e. The molecule has 0 fully saturated rings. The summed E-state index contributed by atoms with van der Waals surface area (Å²) in [6, 6.07) is 12.0. The van der Waals surface area contributed by atoms with Gasteiger partial charge in [0.1, 0.15) is 23.5 Å². The molecule has 0 amide bonds. The zero-order chi connectivity index (χ0) is 18.3. The molecule has 3 nitrogen and oxygen atoms in total. The van der Waals surface area contributed by atoms with Crippen LogP contribution in [0.25, 0.3) is 6.08 Å². The van der Waals surface area contributed by atoms with Gasteiger partial charge in [0, 0.05) is 5.33 Å². The van der Waals surface area contributed by atoms with Crippen LogP contribution in [0.15, 0.2) is 53.1 Å². The zero-order valence-electron chi connectivity index (χ0n) is 14.6. The molecule has 1 aromatic carbocycles. The van der Waals surface area contributed by atoms with Crippen LogP contribution in [-0.2, 0) is 0 Å². The Bertz CT molecular complexity index is 771. The Labute approximate surface area is 158 Å². The first-order valence-electron chi connectivity index (χ1n) is 8.18. The number of allylic oxidation sites excluding steroid dienone is 5. The SMILES string of the molecule is CC1(C)CC(/C=C/c2ccc(OCCBr)cc2)=CC(=C(C#N)C#N)C1. The standard InChI is InChI=1S/C21H21BrN2O/c1-21(2)12-17(11-18(13-21)19(14-23)15-24)4-3-16-5-7-20(8-6-16)25-10-9-22/h3-8,11H,9-10,12-13H2,1-2H3/b4-3+. The molecule has 1 aliphatic rings. The average Bonchev–Trinajstić information content (AvgIpc) is 2.59. The molecule has 0 unspecified atom stereocenters. The topological polar surface area (TPSA) is 56.8 Å². The highest BCUT2D eigenvalue weighted by Gasteiger charge is 2.26. The van der Waals surface area contributed by atoms with E-state index in [1.165, 1.54) is 0 Å². The zero-order valence-corrected chi connectivity index (χ0v) is 16.1. The second-order valence-electron chi connectivity index (χ2n) is 6.80. The molecule has 0 atom stereocenters. The van der Waals surface area contributed by atoms with Gasteiger partial charge >= 0.3 is 0 Å². The quantitative estimate of drug-likeness (QED) is 0.483. The number of ether oxygens (including phenoxy) is 1. The van der Waals surface area contributed by atoms with Gasteiger partial charge < -0.3 is 4.74 Å². The summed E-state index contributed by atoms with van der Waals surface area (Å²) >= 11 is 3.34. The van der Waals surface area contributed by atoms with Crippen molar-refractivity contribution < 1.29 is 4.74 Å². The molecule has 25 heavy (non-hydrogen) atoms. The number of alkyl halides is 1. The van der Waals surface area contributed by atoms with Crippen LogP contribution in [0.1, 0.15) is 32.3 Å². The van der Waals surface area contributed by atoms with Gasteiger partial charge in [-0.1, -0.05) is 60.1 Å². The highest BCUT2D eigenvalue weighted by atomic mass is 79.9. The Hall–Kier alpha value is -2.30. The van der Waals surface area contributed by atoms with E-state index in [4.69, 9.17) is 15.3 Å². The van der Waals surface area contributed by atoms with Gasteiger partial charge in [-0.15, -0.1) is 0 Å². The van der Waals surface area contributed by atoms with Crippen LogP contribution in [0, 0.1) is 28.1 Å². The van der Waals surface area contributed by atoms with Gasteiger partial charge in [0.15, 0.2) is 0 Å². The Morgan fingerprint density at radius 3 is 2.44 bits per heavy atom. The molecule has 0 bridgehead atoms. The van der Waals surface area contributed by atoms with Gasteiger partial charge in [0.05, 0.1) is 6.61 Å². The average molecular weight is 397 g/mol. The number of rotatable bonds is 5. The molecule has 1 aliphatic carbocycles. The normalized spacial score (nSPS) is 16.0. The summed E-state index contributed by atoms with van der Waals surface area (Å²) in [7, 11) is 0. The van der Waals surface area contributed by atoms with E-state index in [1.54, 1.807) is 0 Å². The molecule has 0 aliphatic heterocycles. The highest BCUT2D eigenvalue weighted by Crippen LogP contribution is 2.39. The van der Waals surface area contributed by atoms with Crippen molar-refractivity contribution in [3.8, 4) is 17.9 Å². The van der Waals surface area contributed by atoms with E-state index in [0.29, 0.717) is 6.61 Å². The number of nitriles is 2. The second kappa shape index (κ2) is 8.70. The molecule has 0 spiro atoms. The number of halogens is 1. The molecular weight excluding hydrogens is 376 g/mol. The van der Waals surface area contributed by atoms with Crippen LogP contribution in [-0.4, -0.2) is 11.9 Å². The summed E-state index contributed by atoms with van der Waals surface area (Å²) in [4.78, 5) is 0. The van der Waals surface area contributed by atoms with Gasteiger partial charge in [-0.05, 0) is 47.1 Å². The first kappa shape index (κ1) is 19.0. The first-order valence-corrected chi connectivity index (χ1v) is 9.30. The maximum Gasteiger partial charge on any atom is 0.132 e. The van der Waals surface area contributed by atoms with Crippen molar-refractivity contribution in [3.63, 3.8) is 0 Å². The van der Waals surface area contributed by atoms with E-state index in [2.05, 4.69) is 41.9 Å². The summed E-state index contributed by atoms with van der Waals surface area (Å²) < 4.78 is 5.55.